The molecule has 0 bridgehead atoms. The Hall–Kier alpha value is -1.64. The normalized spacial score (nSPS) is 15.0. The summed E-state index contributed by atoms with van der Waals surface area (Å²) in [5, 5.41) is 2.92. The Balaban J connectivity index is 2.13. The molecular weight excluding hydrogens is 390 g/mol. The number of carbonyl (C=O) groups excluding carboxylic acids is 1. The van der Waals surface area contributed by atoms with Gasteiger partial charge in [-0.3, -0.25) is 4.79 Å². The van der Waals surface area contributed by atoms with Gasteiger partial charge in [-0.15, -0.1) is 0 Å². The lowest BCUT2D eigenvalue weighted by atomic mass is 10.1. The van der Waals surface area contributed by atoms with Crippen LogP contribution in [0.1, 0.15) is 55.8 Å². The van der Waals surface area contributed by atoms with E-state index >= 15 is 0 Å². The molecule has 8 heteroatoms. The minimum Gasteiger partial charge on any atom is -0.381 e. The molecule has 1 fully saturated rings. The summed E-state index contributed by atoms with van der Waals surface area (Å²) in [5.74, 6) is -0.241. The lowest BCUT2D eigenvalue weighted by molar-refractivity contribution is 0.0940. The van der Waals surface area contributed by atoms with Crippen molar-refractivity contribution in [1.29, 1.82) is 0 Å². The molecule has 29 heavy (non-hydrogen) atoms. The number of nitrogens with one attached hydrogen (secondary N) is 1. The van der Waals surface area contributed by atoms with Crippen LogP contribution in [0.4, 0.5) is 5.69 Å². The van der Waals surface area contributed by atoms with E-state index in [1.165, 1.54) is 26.6 Å². The van der Waals surface area contributed by atoms with E-state index in [1.807, 2.05) is 0 Å². The van der Waals surface area contributed by atoms with Crippen molar-refractivity contribution in [3.05, 3.63) is 23.8 Å². The van der Waals surface area contributed by atoms with Crippen molar-refractivity contribution in [2.24, 2.45) is 0 Å². The Morgan fingerprint density at radius 3 is 2.48 bits per heavy atom. The summed E-state index contributed by atoms with van der Waals surface area (Å²) in [7, 11) is -0.619. The number of carbonyl (C=O) groups is 1. The highest BCUT2D eigenvalue weighted by molar-refractivity contribution is 7.89. The van der Waals surface area contributed by atoms with Crippen LogP contribution in [0.25, 0.3) is 0 Å². The van der Waals surface area contributed by atoms with Gasteiger partial charge in [0.1, 0.15) is 0 Å². The number of ether oxygens (including phenoxy) is 1. The molecule has 1 aromatic carbocycles. The Labute approximate surface area is 175 Å². The highest BCUT2D eigenvalue weighted by Gasteiger charge is 2.24. The van der Waals surface area contributed by atoms with Crippen LogP contribution in [-0.4, -0.2) is 65.6 Å². The fourth-order valence-corrected chi connectivity index (χ4v) is 4.23. The molecule has 1 heterocycles. The Bertz CT molecular complexity index is 759. The molecule has 0 aromatic heterocycles. The molecule has 0 radical (unpaired) electrons. The van der Waals surface area contributed by atoms with E-state index in [9.17, 15) is 13.2 Å². The summed E-state index contributed by atoms with van der Waals surface area (Å²) < 4.78 is 31.8. The number of sulfonamides is 1. The molecule has 0 saturated carbocycles. The van der Waals surface area contributed by atoms with Crippen molar-refractivity contribution in [3.8, 4) is 0 Å². The van der Waals surface area contributed by atoms with Crippen molar-refractivity contribution < 1.29 is 17.9 Å². The van der Waals surface area contributed by atoms with Gasteiger partial charge in [0, 0.05) is 52.6 Å². The molecule has 0 spiro atoms. The standard InChI is InChI=1S/C21H35N3O4S/c1-4-5-15-28-16-9-12-22-21(25)19-17-18(29(26,27)23(2)3)10-11-20(19)24-13-7-6-8-14-24/h10-11,17H,4-9,12-16H2,1-3H3,(H,22,25). The van der Waals surface area contributed by atoms with E-state index in [0.717, 1.165) is 61.8 Å². The number of rotatable bonds is 11. The lowest BCUT2D eigenvalue weighted by Crippen LogP contribution is -2.33. The number of amides is 1. The monoisotopic (exact) mass is 425 g/mol. The Morgan fingerprint density at radius 1 is 1.14 bits per heavy atom. The smallest absolute Gasteiger partial charge is 0.253 e. The first kappa shape index (κ1) is 23.6. The summed E-state index contributed by atoms with van der Waals surface area (Å²) >= 11 is 0. The van der Waals surface area contributed by atoms with Crippen LogP contribution in [0.2, 0.25) is 0 Å². The van der Waals surface area contributed by atoms with Gasteiger partial charge in [0.2, 0.25) is 10.0 Å². The van der Waals surface area contributed by atoms with Gasteiger partial charge in [0.15, 0.2) is 0 Å². The Kier molecular flexibility index (Phi) is 9.39. The summed E-state index contributed by atoms with van der Waals surface area (Å²) in [6.45, 7) is 5.72. The Morgan fingerprint density at radius 2 is 1.83 bits per heavy atom. The average molecular weight is 426 g/mol. The van der Waals surface area contributed by atoms with Crippen molar-refractivity contribution >= 4 is 21.6 Å². The summed E-state index contributed by atoms with van der Waals surface area (Å²) in [6, 6.07) is 4.87. The molecule has 1 amide bonds. The van der Waals surface area contributed by atoms with Crippen LogP contribution in [0, 0.1) is 0 Å². The minimum absolute atomic E-state index is 0.135. The van der Waals surface area contributed by atoms with E-state index in [1.54, 1.807) is 12.1 Å². The number of piperidine rings is 1. The van der Waals surface area contributed by atoms with Gasteiger partial charge in [-0.1, -0.05) is 13.3 Å². The quantitative estimate of drug-likeness (QED) is 0.552. The first-order valence-electron chi connectivity index (χ1n) is 10.6. The van der Waals surface area contributed by atoms with E-state index in [2.05, 4.69) is 17.1 Å². The predicted molar refractivity (Wildman–Crippen MR) is 116 cm³/mol. The number of hydrogen-bond donors (Lipinski definition) is 1. The van der Waals surface area contributed by atoms with Gasteiger partial charge in [-0.05, 0) is 50.3 Å². The molecule has 1 aliphatic heterocycles. The topological polar surface area (TPSA) is 78.9 Å². The van der Waals surface area contributed by atoms with Crippen LogP contribution in [0.5, 0.6) is 0 Å². The molecular formula is C21H35N3O4S. The molecule has 164 valence electrons. The fraction of sp³-hybridized carbons (Fsp3) is 0.667. The van der Waals surface area contributed by atoms with E-state index in [0.29, 0.717) is 18.7 Å². The maximum Gasteiger partial charge on any atom is 0.253 e. The van der Waals surface area contributed by atoms with Gasteiger partial charge in [-0.25, -0.2) is 12.7 Å². The molecule has 2 rings (SSSR count). The zero-order valence-electron chi connectivity index (χ0n) is 17.9. The van der Waals surface area contributed by atoms with Crippen molar-refractivity contribution in [2.45, 2.75) is 50.3 Å². The molecule has 1 aromatic rings. The first-order chi connectivity index (χ1) is 13.9. The molecule has 0 atom stereocenters. The van der Waals surface area contributed by atoms with Gasteiger partial charge in [-0.2, -0.15) is 0 Å². The van der Waals surface area contributed by atoms with Crippen LogP contribution in [-0.2, 0) is 14.8 Å². The molecule has 1 aliphatic rings. The predicted octanol–water partition coefficient (Wildman–Crippen LogP) is 2.86. The van der Waals surface area contributed by atoms with Gasteiger partial charge < -0.3 is 15.0 Å². The third-order valence-electron chi connectivity index (χ3n) is 5.08. The fourth-order valence-electron chi connectivity index (χ4n) is 3.30. The lowest BCUT2D eigenvalue weighted by Gasteiger charge is -2.30. The second-order valence-corrected chi connectivity index (χ2v) is 9.74. The summed E-state index contributed by atoms with van der Waals surface area (Å²) in [5.41, 5.74) is 1.22. The maximum atomic E-state index is 12.9. The number of anilines is 1. The SMILES string of the molecule is CCCCOCCCNC(=O)c1cc(S(=O)(=O)N(C)C)ccc1N1CCCCC1. The van der Waals surface area contributed by atoms with Crippen molar-refractivity contribution in [1.82, 2.24) is 9.62 Å². The zero-order valence-corrected chi connectivity index (χ0v) is 18.8. The number of benzene rings is 1. The van der Waals surface area contributed by atoms with Crippen LogP contribution in [0.15, 0.2) is 23.1 Å². The second kappa shape index (κ2) is 11.5. The zero-order chi connectivity index (χ0) is 21.3. The highest BCUT2D eigenvalue weighted by atomic mass is 32.2. The van der Waals surface area contributed by atoms with Crippen molar-refractivity contribution in [2.75, 3.05) is 51.8 Å². The van der Waals surface area contributed by atoms with E-state index < -0.39 is 10.0 Å². The van der Waals surface area contributed by atoms with Crippen LogP contribution < -0.4 is 10.2 Å². The average Bonchev–Trinajstić information content (AvgIpc) is 2.73. The van der Waals surface area contributed by atoms with Crippen LogP contribution >= 0.6 is 0 Å². The first-order valence-corrected chi connectivity index (χ1v) is 12.0. The molecule has 0 unspecified atom stereocenters. The second-order valence-electron chi connectivity index (χ2n) is 7.59. The van der Waals surface area contributed by atoms with Crippen molar-refractivity contribution in [3.63, 3.8) is 0 Å². The van der Waals surface area contributed by atoms with Crippen LogP contribution in [0.3, 0.4) is 0 Å². The number of unbranched alkanes of at least 4 members (excludes halogenated alkanes) is 1. The van der Waals surface area contributed by atoms with Gasteiger partial charge >= 0.3 is 0 Å². The van der Waals surface area contributed by atoms with Gasteiger partial charge in [0.25, 0.3) is 5.91 Å². The minimum atomic E-state index is -3.60. The number of nitrogens with zero attached hydrogens (tertiary/aromatic N) is 2. The summed E-state index contributed by atoms with van der Waals surface area (Å²) in [6.07, 6.45) is 6.20. The summed E-state index contributed by atoms with van der Waals surface area (Å²) in [4.78, 5) is 15.2. The molecule has 1 saturated heterocycles. The van der Waals surface area contributed by atoms with E-state index in [-0.39, 0.29) is 10.8 Å². The molecule has 1 N–H and O–H groups in total. The van der Waals surface area contributed by atoms with Gasteiger partial charge in [0.05, 0.1) is 10.5 Å². The largest absolute Gasteiger partial charge is 0.381 e. The third-order valence-corrected chi connectivity index (χ3v) is 6.89. The van der Waals surface area contributed by atoms with E-state index in [4.69, 9.17) is 4.74 Å². The maximum absolute atomic E-state index is 12.9. The molecule has 0 aliphatic carbocycles. The third kappa shape index (κ3) is 6.69. The number of hydrogen-bond acceptors (Lipinski definition) is 5. The highest BCUT2D eigenvalue weighted by Crippen LogP contribution is 2.27. The molecule has 7 nitrogen and oxygen atoms in total.